The van der Waals surface area contributed by atoms with E-state index < -0.39 is 0 Å². The number of carbonyl (C=O) groups excluding carboxylic acids is 1. The number of amides is 1. The number of fused-ring (bicyclic) bond motifs is 1. The van der Waals surface area contributed by atoms with Crippen molar-refractivity contribution in [2.45, 2.75) is 32.7 Å². The van der Waals surface area contributed by atoms with Gasteiger partial charge in [0.1, 0.15) is 18.3 Å². The second-order valence-electron chi connectivity index (χ2n) is 6.75. The van der Waals surface area contributed by atoms with Gasteiger partial charge in [0, 0.05) is 13.1 Å². The third-order valence-corrected chi connectivity index (χ3v) is 4.85. The van der Waals surface area contributed by atoms with Crippen molar-refractivity contribution in [2.24, 2.45) is 0 Å². The number of carbonyl (C=O) groups is 1. The number of benzene rings is 1. The van der Waals surface area contributed by atoms with Crippen LogP contribution in [-0.2, 0) is 11.3 Å². The third kappa shape index (κ3) is 3.00. The number of likely N-dealkylation sites (tertiary alicyclic amines) is 1. The summed E-state index contributed by atoms with van der Waals surface area (Å²) in [6.45, 7) is 3.59. The number of aromatic nitrogens is 4. The number of aryl methyl sites for hydroxylation is 1. The topological polar surface area (TPSA) is 73.0 Å². The van der Waals surface area contributed by atoms with Crippen molar-refractivity contribution in [1.29, 1.82) is 0 Å². The van der Waals surface area contributed by atoms with Gasteiger partial charge in [-0.2, -0.15) is 5.10 Å². The zero-order valence-electron chi connectivity index (χ0n) is 14.8. The van der Waals surface area contributed by atoms with Gasteiger partial charge in [-0.1, -0.05) is 17.7 Å². The van der Waals surface area contributed by atoms with E-state index in [0.717, 1.165) is 43.6 Å². The molecule has 1 aliphatic rings. The minimum atomic E-state index is -0.237. The molecule has 1 fully saturated rings. The van der Waals surface area contributed by atoms with Crippen LogP contribution in [0.15, 0.2) is 41.6 Å². The first kappa shape index (κ1) is 16.5. The maximum absolute atomic E-state index is 12.7. The van der Waals surface area contributed by atoms with Gasteiger partial charge in [-0.15, -0.1) is 0 Å². The molecule has 0 bridgehead atoms. The maximum Gasteiger partial charge on any atom is 0.264 e. The largest absolute Gasteiger partial charge is 0.341 e. The molecule has 1 aromatic carbocycles. The Balaban J connectivity index is 1.64. The first-order valence-corrected chi connectivity index (χ1v) is 8.91. The summed E-state index contributed by atoms with van der Waals surface area (Å²) in [5.74, 6) is -0.0288. The van der Waals surface area contributed by atoms with Crippen LogP contribution in [-0.4, -0.2) is 43.2 Å². The molecule has 0 unspecified atom stereocenters. The van der Waals surface area contributed by atoms with Crippen LogP contribution in [0.4, 0.5) is 0 Å². The zero-order chi connectivity index (χ0) is 18.1. The number of nitrogens with zero attached hydrogens (tertiary/aromatic N) is 5. The summed E-state index contributed by atoms with van der Waals surface area (Å²) in [6.07, 6.45) is 6.18. The molecular weight excluding hydrogens is 330 g/mol. The highest BCUT2D eigenvalue weighted by Crippen LogP contribution is 2.14. The van der Waals surface area contributed by atoms with Crippen LogP contribution in [0.3, 0.4) is 0 Å². The molecule has 3 heterocycles. The molecule has 4 rings (SSSR count). The molecule has 2 aromatic heterocycles. The van der Waals surface area contributed by atoms with Gasteiger partial charge in [0.2, 0.25) is 5.91 Å². The minimum absolute atomic E-state index is 0.0253. The van der Waals surface area contributed by atoms with Crippen molar-refractivity contribution in [1.82, 2.24) is 24.2 Å². The molecule has 7 heteroatoms. The van der Waals surface area contributed by atoms with Crippen molar-refractivity contribution in [2.75, 3.05) is 13.1 Å². The van der Waals surface area contributed by atoms with E-state index in [-0.39, 0.29) is 18.0 Å². The maximum atomic E-state index is 12.7. The Labute approximate surface area is 150 Å². The minimum Gasteiger partial charge on any atom is -0.341 e. The fraction of sp³-hybridized carbons (Fsp3) is 0.368. The van der Waals surface area contributed by atoms with Crippen LogP contribution in [0.5, 0.6) is 0 Å². The van der Waals surface area contributed by atoms with Crippen LogP contribution < -0.4 is 5.56 Å². The quantitative estimate of drug-likeness (QED) is 0.722. The Bertz CT molecular complexity index is 997. The second kappa shape index (κ2) is 6.74. The summed E-state index contributed by atoms with van der Waals surface area (Å²) < 4.78 is 3.02. The Morgan fingerprint density at radius 2 is 1.85 bits per heavy atom. The van der Waals surface area contributed by atoms with E-state index in [0.29, 0.717) is 11.0 Å². The highest BCUT2D eigenvalue weighted by Gasteiger charge is 2.18. The lowest BCUT2D eigenvalue weighted by molar-refractivity contribution is -0.132. The summed E-state index contributed by atoms with van der Waals surface area (Å²) in [6, 6.07) is 7.85. The highest BCUT2D eigenvalue weighted by molar-refractivity contribution is 5.78. The summed E-state index contributed by atoms with van der Waals surface area (Å²) in [7, 11) is 0. The lowest BCUT2D eigenvalue weighted by Crippen LogP contribution is -2.39. The Kier molecular flexibility index (Phi) is 4.28. The monoisotopic (exact) mass is 351 g/mol. The van der Waals surface area contributed by atoms with Gasteiger partial charge in [0.15, 0.2) is 5.65 Å². The van der Waals surface area contributed by atoms with Gasteiger partial charge in [0.25, 0.3) is 5.56 Å². The Morgan fingerprint density at radius 3 is 2.58 bits per heavy atom. The normalized spacial score (nSPS) is 14.7. The predicted octanol–water partition coefficient (Wildman–Crippen LogP) is 1.90. The van der Waals surface area contributed by atoms with E-state index in [1.165, 1.54) is 17.1 Å². The van der Waals surface area contributed by atoms with Crippen molar-refractivity contribution in [3.05, 3.63) is 52.7 Å². The van der Waals surface area contributed by atoms with Gasteiger partial charge in [-0.3, -0.25) is 14.2 Å². The van der Waals surface area contributed by atoms with E-state index in [1.807, 2.05) is 36.1 Å². The highest BCUT2D eigenvalue weighted by atomic mass is 16.2. The van der Waals surface area contributed by atoms with Gasteiger partial charge in [0.05, 0.1) is 11.9 Å². The Morgan fingerprint density at radius 1 is 1.12 bits per heavy atom. The molecular formula is C19H21N5O2. The predicted molar refractivity (Wildman–Crippen MR) is 98.3 cm³/mol. The summed E-state index contributed by atoms with van der Waals surface area (Å²) >= 11 is 0. The lowest BCUT2D eigenvalue weighted by Gasteiger charge is -2.26. The van der Waals surface area contributed by atoms with Crippen LogP contribution in [0.1, 0.15) is 24.8 Å². The second-order valence-corrected chi connectivity index (χ2v) is 6.75. The van der Waals surface area contributed by atoms with Crippen molar-refractivity contribution in [3.8, 4) is 5.69 Å². The molecule has 1 aliphatic heterocycles. The molecule has 0 atom stereocenters. The molecule has 1 amide bonds. The summed E-state index contributed by atoms with van der Waals surface area (Å²) in [5.41, 5.74) is 2.26. The summed E-state index contributed by atoms with van der Waals surface area (Å²) in [5, 5.41) is 4.73. The average Bonchev–Trinajstić information content (AvgIpc) is 3.10. The summed E-state index contributed by atoms with van der Waals surface area (Å²) in [4.78, 5) is 31.4. The van der Waals surface area contributed by atoms with Crippen LogP contribution >= 0.6 is 0 Å². The van der Waals surface area contributed by atoms with E-state index in [9.17, 15) is 9.59 Å². The van der Waals surface area contributed by atoms with Gasteiger partial charge in [-0.05, 0) is 38.3 Å². The molecule has 0 radical (unpaired) electrons. The average molecular weight is 351 g/mol. The number of hydrogen-bond donors (Lipinski definition) is 0. The van der Waals surface area contributed by atoms with Gasteiger partial charge in [-0.25, -0.2) is 9.67 Å². The van der Waals surface area contributed by atoms with E-state index in [4.69, 9.17) is 0 Å². The smallest absolute Gasteiger partial charge is 0.264 e. The fourth-order valence-electron chi connectivity index (χ4n) is 3.33. The molecule has 0 N–H and O–H groups in total. The number of piperidine rings is 1. The molecule has 7 nitrogen and oxygen atoms in total. The number of rotatable bonds is 3. The molecule has 1 saturated heterocycles. The molecule has 134 valence electrons. The molecule has 0 aliphatic carbocycles. The fourth-order valence-corrected chi connectivity index (χ4v) is 3.33. The first-order valence-electron chi connectivity index (χ1n) is 8.91. The van der Waals surface area contributed by atoms with Gasteiger partial charge < -0.3 is 4.90 Å². The van der Waals surface area contributed by atoms with Gasteiger partial charge >= 0.3 is 0 Å². The van der Waals surface area contributed by atoms with Crippen LogP contribution in [0.2, 0.25) is 0 Å². The zero-order valence-corrected chi connectivity index (χ0v) is 14.8. The molecule has 0 saturated carbocycles. The standard InChI is InChI=1S/C19H21N5O2/c1-14-5-7-15(8-6-14)24-18-16(11-21-24)19(26)23(13-20-18)12-17(25)22-9-3-2-4-10-22/h5-8,11,13H,2-4,9-10,12H2,1H3. The van der Waals surface area contributed by atoms with E-state index in [1.54, 1.807) is 4.68 Å². The lowest BCUT2D eigenvalue weighted by atomic mass is 10.1. The number of hydrogen-bond acceptors (Lipinski definition) is 4. The van der Waals surface area contributed by atoms with Crippen LogP contribution in [0.25, 0.3) is 16.7 Å². The molecule has 26 heavy (non-hydrogen) atoms. The van der Waals surface area contributed by atoms with Crippen molar-refractivity contribution >= 4 is 16.9 Å². The van der Waals surface area contributed by atoms with Crippen molar-refractivity contribution < 1.29 is 4.79 Å². The molecule has 0 spiro atoms. The van der Waals surface area contributed by atoms with Crippen molar-refractivity contribution in [3.63, 3.8) is 0 Å². The first-order chi connectivity index (χ1) is 12.6. The SMILES string of the molecule is Cc1ccc(-n2ncc3c(=O)n(CC(=O)N4CCCCC4)cnc32)cc1. The van der Waals surface area contributed by atoms with E-state index in [2.05, 4.69) is 10.1 Å². The third-order valence-electron chi connectivity index (χ3n) is 4.85. The van der Waals surface area contributed by atoms with Crippen LogP contribution in [0, 0.1) is 6.92 Å². The van der Waals surface area contributed by atoms with E-state index >= 15 is 0 Å². The molecule has 3 aromatic rings. The Hall–Kier alpha value is -2.96.